The fraction of sp³-hybridized carbons (Fsp3) is 0.190. The number of benzene rings is 1. The molecule has 0 amide bonds. The minimum Gasteiger partial charge on any atom is -0.461 e. The first-order chi connectivity index (χ1) is 14.6. The second-order valence-corrected chi connectivity index (χ2v) is 6.79. The number of nitrogen functional groups attached to an aromatic ring is 1. The molecule has 0 bridgehead atoms. The summed E-state index contributed by atoms with van der Waals surface area (Å²) in [7, 11) is 0. The lowest BCUT2D eigenvalue weighted by molar-refractivity contribution is -0.0167. The molecule has 4 aromatic rings. The van der Waals surface area contributed by atoms with Gasteiger partial charge in [0.25, 0.3) is 0 Å². The van der Waals surface area contributed by atoms with Gasteiger partial charge < -0.3 is 25.1 Å². The summed E-state index contributed by atoms with van der Waals surface area (Å²) in [4.78, 5) is 13.3. The molecule has 5 rings (SSSR count). The van der Waals surface area contributed by atoms with Crippen LogP contribution in [0.3, 0.4) is 0 Å². The zero-order valence-corrected chi connectivity index (χ0v) is 15.6. The first-order valence-electron chi connectivity index (χ1n) is 9.26. The van der Waals surface area contributed by atoms with Crippen LogP contribution in [0.15, 0.2) is 53.1 Å². The Balaban J connectivity index is 1.72. The summed E-state index contributed by atoms with van der Waals surface area (Å²) in [6, 6.07) is 12.8. The molecule has 0 radical (unpaired) electrons. The van der Waals surface area contributed by atoms with Gasteiger partial charge in [0.15, 0.2) is 40.6 Å². The number of hydrogen-bond donors (Lipinski definition) is 3. The summed E-state index contributed by atoms with van der Waals surface area (Å²) in [5, 5.41) is 20.4. The number of aliphatic hydroxyl groups is 2. The topological polar surface area (TPSA) is 132 Å². The van der Waals surface area contributed by atoms with Crippen molar-refractivity contribution in [1.82, 2.24) is 19.5 Å². The van der Waals surface area contributed by atoms with Gasteiger partial charge in [-0.2, -0.15) is 0 Å². The van der Waals surface area contributed by atoms with Crippen LogP contribution in [0.25, 0.3) is 22.7 Å². The highest BCUT2D eigenvalue weighted by Crippen LogP contribution is 2.31. The number of furan rings is 1. The van der Waals surface area contributed by atoms with Gasteiger partial charge >= 0.3 is 0 Å². The Morgan fingerprint density at radius 2 is 1.87 bits per heavy atom. The molecule has 9 heteroatoms. The van der Waals surface area contributed by atoms with E-state index in [4.69, 9.17) is 14.9 Å². The van der Waals surface area contributed by atoms with E-state index in [1.165, 1.54) is 10.8 Å². The van der Waals surface area contributed by atoms with E-state index in [-0.39, 0.29) is 24.1 Å². The quantitative estimate of drug-likeness (QED) is 0.427. The SMILES string of the molecule is Nc1nc(-c2ccco2)nc2c1nc(C#Cc1ccccc1)n2[C@@H]1OC[C@@H](O)[C@H]1O. The van der Waals surface area contributed by atoms with E-state index in [1.807, 2.05) is 30.3 Å². The molecule has 1 aliphatic heterocycles. The van der Waals surface area contributed by atoms with Crippen molar-refractivity contribution in [2.75, 3.05) is 12.3 Å². The number of fused-ring (bicyclic) bond motifs is 1. The van der Waals surface area contributed by atoms with Crippen LogP contribution >= 0.6 is 0 Å². The average molecular weight is 403 g/mol. The fourth-order valence-electron chi connectivity index (χ4n) is 3.30. The smallest absolute Gasteiger partial charge is 0.199 e. The van der Waals surface area contributed by atoms with Crippen LogP contribution < -0.4 is 5.73 Å². The zero-order chi connectivity index (χ0) is 20.7. The summed E-state index contributed by atoms with van der Waals surface area (Å²) in [6.07, 6.45) is -1.63. The van der Waals surface area contributed by atoms with E-state index < -0.39 is 18.4 Å². The molecule has 9 nitrogen and oxygen atoms in total. The Morgan fingerprint density at radius 1 is 1.03 bits per heavy atom. The number of aromatic nitrogens is 4. The lowest BCUT2D eigenvalue weighted by atomic mass is 10.2. The molecule has 1 aromatic carbocycles. The molecule has 3 atom stereocenters. The lowest BCUT2D eigenvalue weighted by Crippen LogP contribution is -2.29. The lowest BCUT2D eigenvalue weighted by Gasteiger charge is -2.18. The predicted molar refractivity (Wildman–Crippen MR) is 107 cm³/mol. The third-order valence-electron chi connectivity index (χ3n) is 4.78. The first kappa shape index (κ1) is 18.3. The summed E-state index contributed by atoms with van der Waals surface area (Å²) in [5.41, 5.74) is 7.58. The summed E-state index contributed by atoms with van der Waals surface area (Å²) in [6.45, 7) is -0.0251. The van der Waals surface area contributed by atoms with E-state index in [2.05, 4.69) is 26.8 Å². The molecule has 3 aromatic heterocycles. The summed E-state index contributed by atoms with van der Waals surface area (Å²) < 4.78 is 12.5. The van der Waals surface area contributed by atoms with E-state index in [9.17, 15) is 10.2 Å². The molecule has 0 saturated carbocycles. The van der Waals surface area contributed by atoms with Gasteiger partial charge in [-0.15, -0.1) is 0 Å². The van der Waals surface area contributed by atoms with Crippen molar-refractivity contribution >= 4 is 17.0 Å². The van der Waals surface area contributed by atoms with Crippen LogP contribution in [0.2, 0.25) is 0 Å². The van der Waals surface area contributed by atoms with Crippen LogP contribution in [0.1, 0.15) is 17.6 Å². The summed E-state index contributed by atoms with van der Waals surface area (Å²) in [5.74, 6) is 7.15. The molecule has 1 saturated heterocycles. The van der Waals surface area contributed by atoms with Crippen molar-refractivity contribution in [2.45, 2.75) is 18.4 Å². The number of hydrogen-bond acceptors (Lipinski definition) is 8. The molecule has 1 aliphatic rings. The molecule has 30 heavy (non-hydrogen) atoms. The molecule has 0 unspecified atom stereocenters. The molecule has 150 valence electrons. The van der Waals surface area contributed by atoms with Crippen LogP contribution in [-0.4, -0.2) is 48.5 Å². The predicted octanol–water partition coefficient (Wildman–Crippen LogP) is 1.32. The van der Waals surface area contributed by atoms with Crippen molar-refractivity contribution in [3.05, 3.63) is 60.1 Å². The van der Waals surface area contributed by atoms with Gasteiger partial charge in [0, 0.05) is 5.56 Å². The third kappa shape index (κ3) is 3.09. The van der Waals surface area contributed by atoms with Gasteiger partial charge in [-0.05, 0) is 30.2 Å². The highest BCUT2D eigenvalue weighted by Gasteiger charge is 2.38. The molecule has 4 N–H and O–H groups in total. The number of imidazole rings is 1. The van der Waals surface area contributed by atoms with Crippen LogP contribution in [-0.2, 0) is 4.74 Å². The Kier molecular flexibility index (Phi) is 4.44. The van der Waals surface area contributed by atoms with Gasteiger partial charge in [0.2, 0.25) is 0 Å². The normalized spacial score (nSPS) is 20.9. The summed E-state index contributed by atoms with van der Waals surface area (Å²) >= 11 is 0. The molecule has 1 fully saturated rings. The number of rotatable bonds is 2. The maximum atomic E-state index is 10.5. The highest BCUT2D eigenvalue weighted by molar-refractivity contribution is 5.84. The van der Waals surface area contributed by atoms with E-state index in [0.717, 1.165) is 5.56 Å². The fourth-order valence-corrected chi connectivity index (χ4v) is 3.30. The standard InChI is InChI=1S/C21H17N5O4/c22-18-16-20(25-19(24-18)14-7-4-10-29-14)26(21-17(28)13(27)11-30-21)15(23-16)9-8-12-5-2-1-3-6-12/h1-7,10,13,17,21,27-28H,11H2,(H2,22,24,25)/t13-,17-,21-/m1/s1. The number of ether oxygens (including phenoxy) is 1. The van der Waals surface area contributed by atoms with E-state index >= 15 is 0 Å². The number of anilines is 1. The monoisotopic (exact) mass is 403 g/mol. The second kappa shape index (κ2) is 7.27. The maximum absolute atomic E-state index is 10.5. The Hall–Kier alpha value is -3.71. The zero-order valence-electron chi connectivity index (χ0n) is 15.6. The molecular weight excluding hydrogens is 386 g/mol. The van der Waals surface area contributed by atoms with Crippen LogP contribution in [0.4, 0.5) is 5.82 Å². The molecule has 4 heterocycles. The van der Waals surface area contributed by atoms with Crippen LogP contribution in [0, 0.1) is 11.8 Å². The van der Waals surface area contributed by atoms with Crippen LogP contribution in [0.5, 0.6) is 0 Å². The van der Waals surface area contributed by atoms with Crippen molar-refractivity contribution in [3.8, 4) is 23.4 Å². The average Bonchev–Trinajstić information content (AvgIpc) is 3.48. The first-order valence-corrected chi connectivity index (χ1v) is 9.26. The van der Waals surface area contributed by atoms with Crippen molar-refractivity contribution < 1.29 is 19.4 Å². The molecule has 0 aliphatic carbocycles. The third-order valence-corrected chi connectivity index (χ3v) is 4.78. The van der Waals surface area contributed by atoms with Crippen molar-refractivity contribution in [1.29, 1.82) is 0 Å². The van der Waals surface area contributed by atoms with Gasteiger partial charge in [-0.1, -0.05) is 24.1 Å². The maximum Gasteiger partial charge on any atom is 0.199 e. The minimum atomic E-state index is -1.18. The van der Waals surface area contributed by atoms with Gasteiger partial charge in [0.05, 0.1) is 12.9 Å². The van der Waals surface area contributed by atoms with Crippen molar-refractivity contribution in [3.63, 3.8) is 0 Å². The molecule has 0 spiro atoms. The minimum absolute atomic E-state index is 0.0251. The van der Waals surface area contributed by atoms with E-state index in [1.54, 1.807) is 12.1 Å². The number of nitrogens with two attached hydrogens (primary N) is 1. The Morgan fingerprint density at radius 3 is 2.57 bits per heavy atom. The van der Waals surface area contributed by atoms with Gasteiger partial charge in [-0.3, -0.25) is 4.57 Å². The second-order valence-electron chi connectivity index (χ2n) is 6.79. The van der Waals surface area contributed by atoms with Gasteiger partial charge in [0.1, 0.15) is 12.2 Å². The van der Waals surface area contributed by atoms with Gasteiger partial charge in [-0.25, -0.2) is 15.0 Å². The number of nitrogens with zero attached hydrogens (tertiary/aromatic N) is 4. The highest BCUT2D eigenvalue weighted by atomic mass is 16.5. The largest absolute Gasteiger partial charge is 0.461 e. The Bertz CT molecular complexity index is 1260. The Labute approximate surface area is 170 Å². The molecular formula is C21H17N5O4. The van der Waals surface area contributed by atoms with Crippen molar-refractivity contribution in [2.24, 2.45) is 0 Å². The number of aliphatic hydroxyl groups excluding tert-OH is 2. The van der Waals surface area contributed by atoms with E-state index in [0.29, 0.717) is 16.9 Å².